The fourth-order valence-corrected chi connectivity index (χ4v) is 3.15. The molecule has 2 N–H and O–H groups in total. The van der Waals surface area contributed by atoms with E-state index in [0.717, 1.165) is 15.3 Å². The van der Waals surface area contributed by atoms with Gasteiger partial charge in [0.15, 0.2) is 5.82 Å². The van der Waals surface area contributed by atoms with Crippen molar-refractivity contribution in [3.8, 4) is 16.5 Å². The number of rotatable bonds is 4. The second kappa shape index (κ2) is 7.29. The molecule has 0 atom stereocenters. The van der Waals surface area contributed by atoms with E-state index in [4.69, 9.17) is 5.73 Å². The van der Waals surface area contributed by atoms with Crippen LogP contribution < -0.4 is 10.6 Å². The molecular weight excluding hydrogens is 351 g/mol. The molecule has 3 rings (SSSR count). The third-order valence-corrected chi connectivity index (χ3v) is 4.53. The molecule has 0 amide bonds. The monoisotopic (exact) mass is 366 g/mol. The summed E-state index contributed by atoms with van der Waals surface area (Å²) in [7, 11) is 3.56. The van der Waals surface area contributed by atoms with Gasteiger partial charge >= 0.3 is 0 Å². The fourth-order valence-electron chi connectivity index (χ4n) is 2.19. The maximum Gasteiger partial charge on any atom is 0.230 e. The maximum absolute atomic E-state index is 13.1. The molecule has 0 saturated heterocycles. The van der Waals surface area contributed by atoms with Crippen LogP contribution in [0.25, 0.3) is 22.1 Å². The molecule has 0 saturated carbocycles. The van der Waals surface area contributed by atoms with Crippen LogP contribution >= 0.6 is 11.3 Å². The van der Waals surface area contributed by atoms with E-state index in [9.17, 15) is 9.65 Å². The summed E-state index contributed by atoms with van der Waals surface area (Å²) < 4.78 is 13.1. The first-order valence-corrected chi connectivity index (χ1v) is 8.45. The van der Waals surface area contributed by atoms with Crippen LogP contribution in [0.15, 0.2) is 36.4 Å². The third-order valence-electron chi connectivity index (χ3n) is 3.44. The molecule has 8 heteroatoms. The van der Waals surface area contributed by atoms with Gasteiger partial charge < -0.3 is 10.6 Å². The Kier molecular flexibility index (Phi) is 4.91. The molecule has 1 aromatic carbocycles. The standard InChI is InChI=1S/C18H15FN6S/c1-25(2)18-23-16(22-17(21)24-18)12(10-20)9-14-7-8-15(26-14)11-3-5-13(19)6-4-11/h3-9H,1-2H3,(H2,21,22,23,24). The zero-order chi connectivity index (χ0) is 18.7. The Labute approximate surface area is 154 Å². The second-order valence-corrected chi connectivity index (χ2v) is 6.71. The molecule has 2 heterocycles. The zero-order valence-electron chi connectivity index (χ0n) is 14.1. The Morgan fingerprint density at radius 1 is 1.15 bits per heavy atom. The minimum atomic E-state index is -0.277. The predicted molar refractivity (Wildman–Crippen MR) is 102 cm³/mol. The Hall–Kier alpha value is -3.31. The van der Waals surface area contributed by atoms with Gasteiger partial charge in [0.05, 0.1) is 5.57 Å². The number of allylic oxidation sites excluding steroid dienone is 1. The zero-order valence-corrected chi connectivity index (χ0v) is 15.0. The molecule has 0 bridgehead atoms. The SMILES string of the molecule is CN(C)c1nc(N)nc(C(C#N)=Cc2ccc(-c3ccc(F)cc3)s2)n1. The average molecular weight is 366 g/mol. The Bertz CT molecular complexity index is 1000. The van der Waals surface area contributed by atoms with Gasteiger partial charge in [0.25, 0.3) is 0 Å². The molecule has 3 aromatic rings. The molecule has 6 nitrogen and oxygen atoms in total. The van der Waals surface area contributed by atoms with Crippen LogP contribution in [0.5, 0.6) is 0 Å². The van der Waals surface area contributed by atoms with Crippen LogP contribution in [-0.2, 0) is 0 Å². The third kappa shape index (κ3) is 3.84. The van der Waals surface area contributed by atoms with Crippen LogP contribution in [-0.4, -0.2) is 29.0 Å². The van der Waals surface area contributed by atoms with Crippen molar-refractivity contribution in [1.82, 2.24) is 15.0 Å². The lowest BCUT2D eigenvalue weighted by molar-refractivity contribution is 0.628. The summed E-state index contributed by atoms with van der Waals surface area (Å²) >= 11 is 1.48. The normalized spacial score (nSPS) is 11.2. The minimum absolute atomic E-state index is 0.0537. The largest absolute Gasteiger partial charge is 0.368 e. The fraction of sp³-hybridized carbons (Fsp3) is 0.111. The van der Waals surface area contributed by atoms with Crippen LogP contribution in [0, 0.1) is 17.1 Å². The summed E-state index contributed by atoms with van der Waals surface area (Å²) in [5, 5.41) is 9.51. The molecule has 0 fully saturated rings. The molecule has 130 valence electrons. The number of aromatic nitrogens is 3. The lowest BCUT2D eigenvalue weighted by Gasteiger charge is -2.10. The smallest absolute Gasteiger partial charge is 0.230 e. The average Bonchev–Trinajstić information content (AvgIpc) is 3.08. The van der Waals surface area contributed by atoms with Crippen molar-refractivity contribution in [1.29, 1.82) is 5.26 Å². The Balaban J connectivity index is 1.96. The number of thiophene rings is 1. The molecule has 0 aliphatic rings. The number of nitrogens with zero attached hydrogens (tertiary/aromatic N) is 5. The van der Waals surface area contributed by atoms with E-state index >= 15 is 0 Å². The van der Waals surface area contributed by atoms with Crippen molar-refractivity contribution in [3.63, 3.8) is 0 Å². The highest BCUT2D eigenvalue weighted by atomic mass is 32.1. The first-order valence-electron chi connectivity index (χ1n) is 7.63. The number of hydrogen-bond acceptors (Lipinski definition) is 7. The lowest BCUT2D eigenvalue weighted by atomic mass is 10.2. The molecular formula is C18H15FN6S. The number of benzene rings is 1. The summed E-state index contributed by atoms with van der Waals surface area (Å²) in [6, 6.07) is 12.2. The van der Waals surface area contributed by atoms with Gasteiger partial charge in [-0.2, -0.15) is 20.2 Å². The van der Waals surface area contributed by atoms with E-state index in [0.29, 0.717) is 5.95 Å². The summed E-state index contributed by atoms with van der Waals surface area (Å²) in [5.74, 6) is 0.381. The summed E-state index contributed by atoms with van der Waals surface area (Å²) in [6.45, 7) is 0. The van der Waals surface area contributed by atoms with Gasteiger partial charge in [-0.15, -0.1) is 11.3 Å². The van der Waals surface area contributed by atoms with Gasteiger partial charge in [0.2, 0.25) is 11.9 Å². The number of halogens is 1. The summed E-state index contributed by atoms with van der Waals surface area (Å²) in [5.41, 5.74) is 6.92. The van der Waals surface area contributed by atoms with E-state index in [1.807, 2.05) is 12.1 Å². The van der Waals surface area contributed by atoms with Crippen LogP contribution in [0.1, 0.15) is 10.7 Å². The van der Waals surface area contributed by atoms with Crippen molar-refractivity contribution >= 4 is 34.9 Å². The summed E-state index contributed by atoms with van der Waals surface area (Å²) in [4.78, 5) is 15.9. The number of nitrogens with two attached hydrogens (primary N) is 1. The van der Waals surface area contributed by atoms with Crippen LogP contribution in [0.3, 0.4) is 0 Å². The molecule has 0 aliphatic carbocycles. The number of nitrogen functional groups attached to an aromatic ring is 1. The molecule has 26 heavy (non-hydrogen) atoms. The van der Waals surface area contributed by atoms with E-state index in [-0.39, 0.29) is 23.2 Å². The van der Waals surface area contributed by atoms with Crippen LogP contribution in [0.2, 0.25) is 0 Å². The van der Waals surface area contributed by atoms with Crippen molar-refractivity contribution in [3.05, 3.63) is 52.9 Å². The summed E-state index contributed by atoms with van der Waals surface area (Å²) in [6.07, 6.45) is 1.70. The number of nitriles is 1. The first kappa shape index (κ1) is 17.5. The highest BCUT2D eigenvalue weighted by molar-refractivity contribution is 7.16. The quantitative estimate of drug-likeness (QED) is 0.711. The number of hydrogen-bond donors (Lipinski definition) is 1. The van der Waals surface area contributed by atoms with Gasteiger partial charge in [0.1, 0.15) is 11.9 Å². The topological polar surface area (TPSA) is 91.7 Å². The molecule has 0 aliphatic heterocycles. The number of anilines is 2. The van der Waals surface area contributed by atoms with Gasteiger partial charge in [0, 0.05) is 23.8 Å². The maximum atomic E-state index is 13.1. The van der Waals surface area contributed by atoms with E-state index in [1.54, 1.807) is 37.2 Å². The van der Waals surface area contributed by atoms with Crippen molar-refractivity contribution < 1.29 is 4.39 Å². The molecule has 2 aromatic heterocycles. The Morgan fingerprint density at radius 2 is 1.88 bits per heavy atom. The van der Waals surface area contributed by atoms with E-state index < -0.39 is 0 Å². The predicted octanol–water partition coefficient (Wildman–Crippen LogP) is 3.45. The molecule has 0 radical (unpaired) electrons. The Morgan fingerprint density at radius 3 is 2.54 bits per heavy atom. The van der Waals surface area contributed by atoms with Crippen molar-refractivity contribution in [2.24, 2.45) is 0 Å². The van der Waals surface area contributed by atoms with Crippen molar-refractivity contribution in [2.75, 3.05) is 24.7 Å². The highest BCUT2D eigenvalue weighted by Gasteiger charge is 2.11. The molecule has 0 spiro atoms. The second-order valence-electron chi connectivity index (χ2n) is 5.59. The minimum Gasteiger partial charge on any atom is -0.368 e. The lowest BCUT2D eigenvalue weighted by Crippen LogP contribution is -2.15. The van der Waals surface area contributed by atoms with E-state index in [1.165, 1.54) is 23.5 Å². The van der Waals surface area contributed by atoms with Crippen LogP contribution in [0.4, 0.5) is 16.3 Å². The van der Waals surface area contributed by atoms with Gasteiger partial charge in [-0.1, -0.05) is 12.1 Å². The van der Waals surface area contributed by atoms with Gasteiger partial charge in [-0.05, 0) is 35.9 Å². The van der Waals surface area contributed by atoms with Gasteiger partial charge in [-0.3, -0.25) is 0 Å². The van der Waals surface area contributed by atoms with E-state index in [2.05, 4.69) is 21.0 Å². The van der Waals surface area contributed by atoms with Crippen molar-refractivity contribution in [2.45, 2.75) is 0 Å². The van der Waals surface area contributed by atoms with Gasteiger partial charge in [-0.25, -0.2) is 4.39 Å². The highest BCUT2D eigenvalue weighted by Crippen LogP contribution is 2.30. The molecule has 0 unspecified atom stereocenters. The first-order chi connectivity index (χ1) is 12.5.